The lowest BCUT2D eigenvalue weighted by Gasteiger charge is -2.31. The number of benzene rings is 2. The second-order valence-corrected chi connectivity index (χ2v) is 9.17. The van der Waals surface area contributed by atoms with Crippen molar-refractivity contribution in [3.63, 3.8) is 0 Å². The molecule has 0 saturated carbocycles. The third kappa shape index (κ3) is 4.97. The number of esters is 1. The zero-order valence-corrected chi connectivity index (χ0v) is 21.1. The second-order valence-electron chi connectivity index (χ2n) is 9.17. The van der Waals surface area contributed by atoms with Crippen LogP contribution in [0.4, 0.5) is 17.1 Å². The first-order valence-electron chi connectivity index (χ1n) is 12.4. The predicted octanol–water partition coefficient (Wildman–Crippen LogP) is 3.20. The molecule has 2 heterocycles. The van der Waals surface area contributed by atoms with Crippen molar-refractivity contribution in [2.45, 2.75) is 38.2 Å². The third-order valence-corrected chi connectivity index (χ3v) is 6.84. The van der Waals surface area contributed by atoms with Gasteiger partial charge in [-0.3, -0.25) is 19.3 Å². The summed E-state index contributed by atoms with van der Waals surface area (Å²) >= 11 is 0. The van der Waals surface area contributed by atoms with E-state index < -0.39 is 17.4 Å². The maximum atomic E-state index is 13.7. The summed E-state index contributed by atoms with van der Waals surface area (Å²) in [5.74, 6) is -1.07. The van der Waals surface area contributed by atoms with Crippen molar-refractivity contribution in [2.75, 3.05) is 36.7 Å². The first-order valence-corrected chi connectivity index (χ1v) is 12.4. The lowest BCUT2D eigenvalue weighted by Crippen LogP contribution is -2.44. The highest BCUT2D eigenvalue weighted by molar-refractivity contribution is 6.09. The Bertz CT molecular complexity index is 1210. The summed E-state index contributed by atoms with van der Waals surface area (Å²) in [5.41, 5.74) is 0.202. The fourth-order valence-electron chi connectivity index (χ4n) is 4.84. The van der Waals surface area contributed by atoms with Crippen LogP contribution in [-0.2, 0) is 24.7 Å². The molecule has 0 aromatic heterocycles. The van der Waals surface area contributed by atoms with Gasteiger partial charge in [0.15, 0.2) is 12.2 Å². The van der Waals surface area contributed by atoms with Gasteiger partial charge in [0.05, 0.1) is 18.5 Å². The van der Waals surface area contributed by atoms with Crippen molar-refractivity contribution >= 4 is 34.8 Å². The van der Waals surface area contributed by atoms with Crippen molar-refractivity contribution < 1.29 is 34.1 Å². The van der Waals surface area contributed by atoms with Crippen molar-refractivity contribution in [3.8, 4) is 5.75 Å². The zero-order chi connectivity index (χ0) is 26.6. The normalized spacial score (nSPS) is 19.6. The number of methoxy groups -OCH3 is 1. The number of carbonyl (C=O) groups excluding carboxylic acids is 3. The maximum Gasteiger partial charge on any atom is 0.305 e. The number of hydrogen-bond donors (Lipinski definition) is 2. The molecular weight excluding hydrogens is 476 g/mol. The fourth-order valence-corrected chi connectivity index (χ4v) is 4.84. The minimum absolute atomic E-state index is 0.0405. The molecular formula is C28H32N2O7. The van der Waals surface area contributed by atoms with Gasteiger partial charge >= 0.3 is 5.97 Å². The van der Waals surface area contributed by atoms with E-state index in [-0.39, 0.29) is 31.5 Å². The van der Waals surface area contributed by atoms with E-state index in [1.54, 1.807) is 54.3 Å². The van der Waals surface area contributed by atoms with E-state index in [2.05, 4.69) is 4.74 Å². The molecule has 0 fully saturated rings. The number of ether oxygens (including phenoxy) is 2. The standard InChI is InChI=1S/C28H32N2O7/c1-19(9-6-8-16-31)28(35)21-17-20(30-23-10-3-4-11-24(23)37-18-25(30)32)13-14-22(21)29(27(28)34)15-7-5-12-26(33)36-2/h3-4,6,9-11,13-14,17,19,31,35H,5,7-8,12,15-16,18H2,1-2H3/b9-6+/t19-,28+/m1/s1. The largest absolute Gasteiger partial charge is 0.482 e. The van der Waals surface area contributed by atoms with E-state index in [1.165, 1.54) is 12.0 Å². The van der Waals surface area contributed by atoms with E-state index in [1.807, 2.05) is 12.1 Å². The van der Waals surface area contributed by atoms with Crippen LogP contribution in [0.15, 0.2) is 54.6 Å². The van der Waals surface area contributed by atoms with Gasteiger partial charge in [-0.15, -0.1) is 0 Å². The number of hydrogen-bond acceptors (Lipinski definition) is 7. The van der Waals surface area contributed by atoms with Gasteiger partial charge in [-0.25, -0.2) is 0 Å². The monoisotopic (exact) mass is 508 g/mol. The average molecular weight is 509 g/mol. The van der Waals surface area contributed by atoms with Crippen LogP contribution in [0.1, 0.15) is 38.2 Å². The third-order valence-electron chi connectivity index (χ3n) is 6.84. The van der Waals surface area contributed by atoms with Crippen molar-refractivity contribution in [1.29, 1.82) is 0 Å². The predicted molar refractivity (Wildman–Crippen MR) is 138 cm³/mol. The first kappa shape index (κ1) is 26.4. The molecule has 9 heteroatoms. The molecule has 196 valence electrons. The number of fused-ring (bicyclic) bond motifs is 2. The van der Waals surface area contributed by atoms with Crippen LogP contribution < -0.4 is 14.5 Å². The van der Waals surface area contributed by atoms with Gasteiger partial charge < -0.3 is 24.6 Å². The Hall–Kier alpha value is -3.69. The molecule has 0 bridgehead atoms. The molecule has 2 atom stereocenters. The molecule has 0 unspecified atom stereocenters. The van der Waals surface area contributed by atoms with Crippen LogP contribution in [0.5, 0.6) is 5.75 Å². The van der Waals surface area contributed by atoms with Gasteiger partial charge in [0.1, 0.15) is 5.75 Å². The number of unbranched alkanes of at least 4 members (excludes halogenated alkanes) is 1. The van der Waals surface area contributed by atoms with Gasteiger partial charge in [0.25, 0.3) is 11.8 Å². The lowest BCUT2D eigenvalue weighted by atomic mass is 9.82. The average Bonchev–Trinajstić information content (AvgIpc) is 3.12. The van der Waals surface area contributed by atoms with Crippen molar-refractivity contribution in [1.82, 2.24) is 0 Å². The maximum absolute atomic E-state index is 13.7. The van der Waals surface area contributed by atoms with Crippen molar-refractivity contribution in [2.24, 2.45) is 5.92 Å². The van der Waals surface area contributed by atoms with Crippen LogP contribution in [0.3, 0.4) is 0 Å². The minimum atomic E-state index is -1.87. The molecule has 0 spiro atoms. The van der Waals surface area contributed by atoms with Crippen LogP contribution >= 0.6 is 0 Å². The second kappa shape index (κ2) is 11.1. The molecule has 2 aliphatic rings. The van der Waals surface area contributed by atoms with Crippen LogP contribution in [-0.4, -0.2) is 54.9 Å². The van der Waals surface area contributed by atoms with Crippen LogP contribution in [0.2, 0.25) is 0 Å². The molecule has 37 heavy (non-hydrogen) atoms. The molecule has 9 nitrogen and oxygen atoms in total. The van der Waals surface area contributed by atoms with E-state index in [0.29, 0.717) is 54.2 Å². The first-order chi connectivity index (χ1) is 17.8. The lowest BCUT2D eigenvalue weighted by molar-refractivity contribution is -0.140. The molecule has 0 radical (unpaired) electrons. The smallest absolute Gasteiger partial charge is 0.305 e. The molecule has 0 saturated heterocycles. The molecule has 2 aliphatic heterocycles. The Morgan fingerprint density at radius 3 is 2.73 bits per heavy atom. The minimum Gasteiger partial charge on any atom is -0.482 e. The van der Waals surface area contributed by atoms with Gasteiger partial charge in [-0.2, -0.15) is 0 Å². The van der Waals surface area contributed by atoms with Crippen LogP contribution in [0.25, 0.3) is 0 Å². The summed E-state index contributed by atoms with van der Waals surface area (Å²) in [6, 6.07) is 12.4. The number of carbonyl (C=O) groups is 3. The number of para-hydroxylation sites is 2. The van der Waals surface area contributed by atoms with E-state index >= 15 is 0 Å². The summed E-state index contributed by atoms with van der Waals surface area (Å²) in [7, 11) is 1.34. The molecule has 2 N–H and O–H groups in total. The molecule has 2 amide bonds. The SMILES string of the molecule is COC(=O)CCCCN1C(=O)[C@](O)([C@H](C)/C=C/CCO)c2cc(N3C(=O)COc4ccccc43)ccc21. The summed E-state index contributed by atoms with van der Waals surface area (Å²) in [4.78, 5) is 41.2. The number of nitrogens with zero attached hydrogens (tertiary/aromatic N) is 2. The summed E-state index contributed by atoms with van der Waals surface area (Å²) in [6.45, 7) is 1.90. The number of amides is 2. The van der Waals surface area contributed by atoms with Crippen LogP contribution in [0, 0.1) is 5.92 Å². The van der Waals surface area contributed by atoms with E-state index in [9.17, 15) is 19.5 Å². The highest BCUT2D eigenvalue weighted by atomic mass is 16.5. The molecule has 4 rings (SSSR count). The molecule has 2 aromatic carbocycles. The Labute approximate surface area is 215 Å². The van der Waals surface area contributed by atoms with Gasteiger partial charge in [0, 0.05) is 36.7 Å². The number of aliphatic hydroxyl groups excluding tert-OH is 1. The highest BCUT2D eigenvalue weighted by Crippen LogP contribution is 2.48. The van der Waals surface area contributed by atoms with Gasteiger partial charge in [-0.1, -0.05) is 31.2 Å². The van der Waals surface area contributed by atoms with Gasteiger partial charge in [0.2, 0.25) is 0 Å². The number of rotatable bonds is 10. The Morgan fingerprint density at radius 1 is 1.19 bits per heavy atom. The van der Waals surface area contributed by atoms with E-state index in [0.717, 1.165) is 0 Å². The molecule has 0 aliphatic carbocycles. The Kier molecular flexibility index (Phi) is 7.94. The zero-order valence-electron chi connectivity index (χ0n) is 21.1. The van der Waals surface area contributed by atoms with Gasteiger partial charge in [-0.05, 0) is 49.6 Å². The highest BCUT2D eigenvalue weighted by Gasteiger charge is 2.52. The summed E-state index contributed by atoms with van der Waals surface area (Å²) in [6.07, 6.45) is 5.18. The van der Waals surface area contributed by atoms with E-state index in [4.69, 9.17) is 9.84 Å². The number of anilines is 3. The quantitative estimate of drug-likeness (QED) is 0.288. The summed E-state index contributed by atoms with van der Waals surface area (Å²) in [5, 5.41) is 21.1. The number of aliphatic hydroxyl groups is 2. The Balaban J connectivity index is 1.72. The topological polar surface area (TPSA) is 117 Å². The summed E-state index contributed by atoms with van der Waals surface area (Å²) < 4.78 is 10.3. The fraction of sp³-hybridized carbons (Fsp3) is 0.393. The van der Waals surface area contributed by atoms with Crippen molar-refractivity contribution in [3.05, 3.63) is 60.2 Å². The Morgan fingerprint density at radius 2 is 1.97 bits per heavy atom. The molecule has 2 aromatic rings.